The molecule has 3 rings (SSSR count). The fourth-order valence-corrected chi connectivity index (χ4v) is 4.14. The quantitative estimate of drug-likeness (QED) is 0.443. The Morgan fingerprint density at radius 1 is 1.29 bits per heavy atom. The summed E-state index contributed by atoms with van der Waals surface area (Å²) in [6, 6.07) is 9.23. The monoisotopic (exact) mass is 330 g/mol. The molecular weight excluding hydrogens is 302 g/mol. The maximum Gasteiger partial charge on any atom is 0.121 e. The van der Waals surface area contributed by atoms with Crippen molar-refractivity contribution in [3.63, 3.8) is 0 Å². The van der Waals surface area contributed by atoms with Gasteiger partial charge >= 0.3 is 0 Å². The van der Waals surface area contributed by atoms with Crippen LogP contribution in [0.1, 0.15) is 38.7 Å². The highest BCUT2D eigenvalue weighted by Crippen LogP contribution is 2.20. The molecule has 1 aliphatic heterocycles. The number of aliphatic hydroxyl groups excluding tert-OH is 1. The van der Waals surface area contributed by atoms with Gasteiger partial charge in [0.25, 0.3) is 0 Å². The van der Waals surface area contributed by atoms with Crippen LogP contribution in [-0.2, 0) is 6.54 Å². The summed E-state index contributed by atoms with van der Waals surface area (Å²) in [5.41, 5.74) is 1.92. The zero-order valence-corrected chi connectivity index (χ0v) is 14.5. The normalized spacial score (nSPS) is 24.0. The van der Waals surface area contributed by atoms with Crippen molar-refractivity contribution < 1.29 is 15.2 Å². The van der Waals surface area contributed by atoms with Gasteiger partial charge in [-0.05, 0) is 39.2 Å². The van der Waals surface area contributed by atoms with Gasteiger partial charge in [0.15, 0.2) is 0 Å². The number of oxime groups is 1. The van der Waals surface area contributed by atoms with Crippen molar-refractivity contribution in [1.29, 1.82) is 0 Å². The van der Waals surface area contributed by atoms with E-state index in [0.717, 1.165) is 23.0 Å². The fraction of sp³-hybridized carbons (Fsp3) is 0.526. The van der Waals surface area contributed by atoms with E-state index >= 15 is 0 Å². The minimum Gasteiger partial charge on any atom is -0.411 e. The first-order valence-electron chi connectivity index (χ1n) is 8.89. The van der Waals surface area contributed by atoms with Crippen LogP contribution >= 0.6 is 0 Å². The summed E-state index contributed by atoms with van der Waals surface area (Å²) in [6.45, 7) is 5.91. The average molecular weight is 330 g/mol. The van der Waals surface area contributed by atoms with Crippen LogP contribution in [0.5, 0.6) is 0 Å². The third kappa shape index (κ3) is 3.47. The van der Waals surface area contributed by atoms with Crippen LogP contribution in [0.15, 0.2) is 35.6 Å². The number of piperidine rings is 1. The molecule has 5 nitrogen and oxygen atoms in total. The van der Waals surface area contributed by atoms with Crippen LogP contribution in [0, 0.1) is 0 Å². The van der Waals surface area contributed by atoms with E-state index in [-0.39, 0.29) is 0 Å². The van der Waals surface area contributed by atoms with E-state index in [1.54, 1.807) is 0 Å². The second-order valence-corrected chi connectivity index (χ2v) is 7.16. The Kier molecular flexibility index (Phi) is 5.21. The summed E-state index contributed by atoms with van der Waals surface area (Å²) in [5.74, 6) is 0. The zero-order valence-electron chi connectivity index (χ0n) is 14.5. The number of hydrogen-bond acceptors (Lipinski definition) is 3. The Morgan fingerprint density at radius 3 is 2.71 bits per heavy atom. The molecule has 0 bridgehead atoms. The van der Waals surface area contributed by atoms with E-state index in [0.29, 0.717) is 18.6 Å². The molecule has 24 heavy (non-hydrogen) atoms. The van der Waals surface area contributed by atoms with Gasteiger partial charge in [0, 0.05) is 22.7 Å². The lowest BCUT2D eigenvalue weighted by Crippen LogP contribution is -3.20. The summed E-state index contributed by atoms with van der Waals surface area (Å²) in [4.78, 5) is 1.52. The second kappa shape index (κ2) is 7.36. The molecular formula is C19H28N3O2+. The van der Waals surface area contributed by atoms with Crippen molar-refractivity contribution in [2.75, 3.05) is 6.54 Å². The molecule has 0 saturated carbocycles. The first kappa shape index (κ1) is 17.0. The number of quaternary nitrogens is 1. The molecule has 1 fully saturated rings. The lowest BCUT2D eigenvalue weighted by molar-refractivity contribution is -0.954. The Hall–Kier alpha value is -1.85. The lowest BCUT2D eigenvalue weighted by atomic mass is 9.97. The van der Waals surface area contributed by atoms with Crippen molar-refractivity contribution in [2.45, 2.75) is 57.8 Å². The number of para-hydroxylation sites is 1. The molecule has 1 aliphatic rings. The van der Waals surface area contributed by atoms with Gasteiger partial charge in [-0.1, -0.05) is 23.4 Å². The highest BCUT2D eigenvalue weighted by atomic mass is 16.4. The molecule has 2 aromatic rings. The summed E-state index contributed by atoms with van der Waals surface area (Å²) < 4.78 is 2.07. The number of rotatable bonds is 5. The van der Waals surface area contributed by atoms with E-state index in [9.17, 15) is 5.11 Å². The summed E-state index contributed by atoms with van der Waals surface area (Å²) in [6.07, 6.45) is 6.80. The minimum atomic E-state index is -0.391. The minimum absolute atomic E-state index is 0.391. The Balaban J connectivity index is 1.77. The van der Waals surface area contributed by atoms with Crippen LogP contribution in [-0.4, -0.2) is 45.8 Å². The van der Waals surface area contributed by atoms with Gasteiger partial charge < -0.3 is 19.8 Å². The molecule has 0 aliphatic carbocycles. The predicted octanol–water partition coefficient (Wildman–Crippen LogP) is 1.66. The topological polar surface area (TPSA) is 62.2 Å². The SMILES string of the molecule is C[C@@H]1CCC[C@@H](C)[NH+]1C[C@H](O)Cn1cc(/C=N\O)c2ccccc21. The van der Waals surface area contributed by atoms with Gasteiger partial charge in [-0.15, -0.1) is 0 Å². The number of hydrogen-bond donors (Lipinski definition) is 3. The summed E-state index contributed by atoms with van der Waals surface area (Å²) in [5, 5.41) is 23.7. The Labute approximate surface area is 143 Å². The molecule has 0 spiro atoms. The molecule has 3 atom stereocenters. The van der Waals surface area contributed by atoms with E-state index in [2.05, 4.69) is 23.6 Å². The number of benzene rings is 1. The van der Waals surface area contributed by atoms with Gasteiger partial charge in [0.05, 0.1) is 24.8 Å². The number of fused-ring (bicyclic) bond motifs is 1. The first-order valence-corrected chi connectivity index (χ1v) is 8.89. The van der Waals surface area contributed by atoms with E-state index in [4.69, 9.17) is 5.21 Å². The number of aliphatic hydroxyl groups is 1. The van der Waals surface area contributed by atoms with E-state index < -0.39 is 6.10 Å². The number of nitrogens with one attached hydrogen (secondary N) is 1. The van der Waals surface area contributed by atoms with Crippen LogP contribution < -0.4 is 4.90 Å². The third-order valence-electron chi connectivity index (χ3n) is 5.44. The highest BCUT2D eigenvalue weighted by molar-refractivity contribution is 5.99. The third-order valence-corrected chi connectivity index (χ3v) is 5.44. The lowest BCUT2D eigenvalue weighted by Gasteiger charge is -2.37. The van der Waals surface area contributed by atoms with Crippen LogP contribution in [0.2, 0.25) is 0 Å². The molecule has 0 amide bonds. The van der Waals surface area contributed by atoms with Crippen LogP contribution in [0.3, 0.4) is 0 Å². The van der Waals surface area contributed by atoms with Crippen molar-refractivity contribution in [3.8, 4) is 0 Å². The molecule has 5 heteroatoms. The molecule has 1 saturated heterocycles. The van der Waals surface area contributed by atoms with Gasteiger partial charge in [0.1, 0.15) is 12.6 Å². The van der Waals surface area contributed by atoms with Gasteiger partial charge in [0.2, 0.25) is 0 Å². The molecule has 2 heterocycles. The standard InChI is InChI=1S/C19H27N3O2/c1-14-6-5-7-15(2)22(14)13-17(23)12-21-11-16(10-20-24)18-8-3-4-9-19(18)21/h3-4,8-11,14-15,17,23-24H,5-7,12-13H2,1-2H3/p+1/b20-10-/t14-,15-,17-/m1/s1. The molecule has 0 unspecified atom stereocenters. The molecule has 1 aromatic carbocycles. The zero-order chi connectivity index (χ0) is 17.1. The van der Waals surface area contributed by atoms with Gasteiger partial charge in [-0.25, -0.2) is 0 Å². The maximum atomic E-state index is 10.7. The van der Waals surface area contributed by atoms with Crippen molar-refractivity contribution >= 4 is 17.1 Å². The van der Waals surface area contributed by atoms with Gasteiger partial charge in [-0.2, -0.15) is 0 Å². The van der Waals surface area contributed by atoms with E-state index in [1.807, 2.05) is 30.5 Å². The number of aromatic nitrogens is 1. The number of likely N-dealkylation sites (tertiary alicyclic amines) is 1. The van der Waals surface area contributed by atoms with Crippen molar-refractivity contribution in [1.82, 2.24) is 4.57 Å². The van der Waals surface area contributed by atoms with Crippen molar-refractivity contribution in [2.24, 2.45) is 5.16 Å². The largest absolute Gasteiger partial charge is 0.411 e. The van der Waals surface area contributed by atoms with Gasteiger partial charge in [-0.3, -0.25) is 0 Å². The fourth-order valence-electron chi connectivity index (χ4n) is 4.14. The maximum absolute atomic E-state index is 10.7. The Morgan fingerprint density at radius 2 is 2.00 bits per heavy atom. The van der Waals surface area contributed by atoms with Crippen LogP contribution in [0.25, 0.3) is 10.9 Å². The first-order chi connectivity index (χ1) is 11.6. The highest BCUT2D eigenvalue weighted by Gasteiger charge is 2.30. The average Bonchev–Trinajstić information content (AvgIpc) is 2.90. The molecule has 130 valence electrons. The molecule has 1 aromatic heterocycles. The smallest absolute Gasteiger partial charge is 0.121 e. The van der Waals surface area contributed by atoms with E-state index in [1.165, 1.54) is 30.4 Å². The molecule has 0 radical (unpaired) electrons. The van der Waals surface area contributed by atoms with Crippen molar-refractivity contribution in [3.05, 3.63) is 36.0 Å². The summed E-state index contributed by atoms with van der Waals surface area (Å²) in [7, 11) is 0. The second-order valence-electron chi connectivity index (χ2n) is 7.16. The predicted molar refractivity (Wildman–Crippen MR) is 95.9 cm³/mol. The molecule has 3 N–H and O–H groups in total. The van der Waals surface area contributed by atoms with Crippen LogP contribution in [0.4, 0.5) is 0 Å². The number of nitrogens with zero attached hydrogens (tertiary/aromatic N) is 2. The summed E-state index contributed by atoms with van der Waals surface area (Å²) >= 11 is 0. The Bertz CT molecular complexity index is 700.